The van der Waals surface area contributed by atoms with Crippen LogP contribution in [0.25, 0.3) is 0 Å². The highest BCUT2D eigenvalue weighted by Crippen LogP contribution is 2.42. The topological polar surface area (TPSA) is 76.9 Å². The molecule has 0 radical (unpaired) electrons. The molecular formula is C14H14ClF3N6O. The first-order valence-electron chi connectivity index (χ1n) is 7.66. The summed E-state index contributed by atoms with van der Waals surface area (Å²) < 4.78 is 46.7. The van der Waals surface area contributed by atoms with Crippen molar-refractivity contribution in [3.63, 3.8) is 0 Å². The summed E-state index contributed by atoms with van der Waals surface area (Å²) in [6, 6.07) is 0.0946. The molecule has 2 aromatic heterocycles. The minimum absolute atomic E-state index is 0.0000231. The molecule has 0 aromatic carbocycles. The molecule has 2 bridgehead atoms. The lowest BCUT2D eigenvalue weighted by Gasteiger charge is -2.37. The van der Waals surface area contributed by atoms with Crippen molar-refractivity contribution in [2.24, 2.45) is 13.0 Å². The summed E-state index contributed by atoms with van der Waals surface area (Å²) in [4.78, 5) is 8.15. The number of hydrogen-bond donors (Lipinski definition) is 2. The van der Waals surface area contributed by atoms with Crippen LogP contribution in [-0.4, -0.2) is 32.4 Å². The van der Waals surface area contributed by atoms with Crippen molar-refractivity contribution in [2.75, 3.05) is 17.2 Å². The number of aromatic nitrogens is 4. The van der Waals surface area contributed by atoms with Gasteiger partial charge in [-0.15, -0.1) is 0 Å². The lowest BCUT2D eigenvalue weighted by Crippen LogP contribution is -2.42. The number of anilines is 3. The van der Waals surface area contributed by atoms with E-state index in [4.69, 9.17) is 16.3 Å². The fraction of sp³-hybridized carbons (Fsp3) is 0.500. The van der Waals surface area contributed by atoms with Gasteiger partial charge in [-0.1, -0.05) is 11.6 Å². The van der Waals surface area contributed by atoms with Crippen molar-refractivity contribution in [3.05, 3.63) is 16.9 Å². The van der Waals surface area contributed by atoms with E-state index in [9.17, 15) is 13.2 Å². The van der Waals surface area contributed by atoms with Crippen LogP contribution >= 0.6 is 11.6 Å². The number of hydrogen-bond acceptors (Lipinski definition) is 6. The van der Waals surface area contributed by atoms with Gasteiger partial charge in [0.05, 0.1) is 12.8 Å². The van der Waals surface area contributed by atoms with Crippen LogP contribution in [0, 0.1) is 5.92 Å². The third-order valence-corrected chi connectivity index (χ3v) is 4.69. The van der Waals surface area contributed by atoms with Crippen LogP contribution in [0.15, 0.2) is 6.20 Å². The maximum Gasteiger partial charge on any atom is 0.437 e. The molecule has 11 heteroatoms. The summed E-state index contributed by atoms with van der Waals surface area (Å²) in [5, 5.41) is 9.66. The number of halogens is 4. The van der Waals surface area contributed by atoms with Crippen molar-refractivity contribution in [3.8, 4) is 5.88 Å². The molecule has 134 valence electrons. The van der Waals surface area contributed by atoms with Gasteiger partial charge in [0, 0.05) is 19.0 Å². The van der Waals surface area contributed by atoms with Crippen molar-refractivity contribution in [1.29, 1.82) is 0 Å². The van der Waals surface area contributed by atoms with E-state index in [1.165, 1.54) is 13.2 Å². The van der Waals surface area contributed by atoms with Crippen LogP contribution in [-0.2, 0) is 13.2 Å². The summed E-state index contributed by atoms with van der Waals surface area (Å²) in [5.41, 5.74) is -1.39. The Morgan fingerprint density at radius 3 is 2.84 bits per heavy atom. The average molecular weight is 375 g/mol. The SMILES string of the molecule is Cn1nc(C(F)(F)F)c2c1OC[C@@H]1CC[C@H]1Nc1nc(ncc1Cl)N2. The zero-order valence-corrected chi connectivity index (χ0v) is 13.8. The Kier molecular flexibility index (Phi) is 3.67. The quantitative estimate of drug-likeness (QED) is 0.737. The van der Waals surface area contributed by atoms with Crippen LogP contribution in [0.5, 0.6) is 5.88 Å². The minimum Gasteiger partial charge on any atom is -0.476 e. The van der Waals surface area contributed by atoms with Gasteiger partial charge in [-0.25, -0.2) is 9.67 Å². The van der Waals surface area contributed by atoms with Gasteiger partial charge in [0.2, 0.25) is 11.8 Å². The molecule has 1 aliphatic carbocycles. The molecule has 0 unspecified atom stereocenters. The van der Waals surface area contributed by atoms with Crippen LogP contribution in [0.1, 0.15) is 18.5 Å². The van der Waals surface area contributed by atoms with E-state index in [1.807, 2.05) is 0 Å². The molecule has 2 aliphatic rings. The molecule has 1 saturated carbocycles. The molecule has 1 fully saturated rings. The maximum absolute atomic E-state index is 13.3. The molecule has 4 rings (SSSR count). The minimum atomic E-state index is -4.64. The van der Waals surface area contributed by atoms with E-state index in [-0.39, 0.29) is 36.1 Å². The van der Waals surface area contributed by atoms with E-state index >= 15 is 0 Å². The van der Waals surface area contributed by atoms with Crippen LogP contribution in [0.2, 0.25) is 5.02 Å². The monoisotopic (exact) mass is 374 g/mol. The van der Waals surface area contributed by atoms with Gasteiger partial charge in [0.15, 0.2) is 11.5 Å². The van der Waals surface area contributed by atoms with Gasteiger partial charge < -0.3 is 15.4 Å². The van der Waals surface area contributed by atoms with Crippen LogP contribution in [0.3, 0.4) is 0 Å². The van der Waals surface area contributed by atoms with E-state index < -0.39 is 11.9 Å². The zero-order valence-electron chi connectivity index (χ0n) is 13.1. The predicted octanol–water partition coefficient (Wildman–Crippen LogP) is 3.21. The van der Waals surface area contributed by atoms with E-state index in [0.717, 1.165) is 17.5 Å². The summed E-state index contributed by atoms with van der Waals surface area (Å²) in [6.45, 7) is 0.268. The first-order chi connectivity index (χ1) is 11.8. The molecular weight excluding hydrogens is 361 g/mol. The smallest absolute Gasteiger partial charge is 0.437 e. The summed E-state index contributed by atoms with van der Waals surface area (Å²) in [5.74, 6) is 0.507. The number of aryl methyl sites for hydroxylation is 1. The summed E-state index contributed by atoms with van der Waals surface area (Å²) in [7, 11) is 1.40. The molecule has 2 atom stereocenters. The number of alkyl halides is 3. The highest BCUT2D eigenvalue weighted by atomic mass is 35.5. The Balaban J connectivity index is 1.83. The Morgan fingerprint density at radius 1 is 1.36 bits per heavy atom. The zero-order chi connectivity index (χ0) is 17.8. The van der Waals surface area contributed by atoms with Gasteiger partial charge in [-0.2, -0.15) is 23.3 Å². The predicted molar refractivity (Wildman–Crippen MR) is 84.2 cm³/mol. The average Bonchev–Trinajstić information content (AvgIpc) is 2.82. The molecule has 7 nitrogen and oxygen atoms in total. The Hall–Kier alpha value is -2.23. The number of fused-ring (bicyclic) bond motifs is 4. The fourth-order valence-corrected chi connectivity index (χ4v) is 3.09. The van der Waals surface area contributed by atoms with Gasteiger partial charge in [0.25, 0.3) is 0 Å². The molecule has 0 amide bonds. The van der Waals surface area contributed by atoms with Gasteiger partial charge in [-0.05, 0) is 12.8 Å². The number of nitrogens with one attached hydrogen (secondary N) is 2. The molecule has 3 heterocycles. The number of nitrogens with zero attached hydrogens (tertiary/aromatic N) is 4. The van der Waals surface area contributed by atoms with Gasteiger partial charge >= 0.3 is 6.18 Å². The second kappa shape index (κ2) is 5.65. The highest BCUT2D eigenvalue weighted by Gasteiger charge is 2.41. The van der Waals surface area contributed by atoms with Crippen molar-refractivity contribution in [2.45, 2.75) is 25.1 Å². The number of rotatable bonds is 0. The largest absolute Gasteiger partial charge is 0.476 e. The Morgan fingerprint density at radius 2 is 2.16 bits per heavy atom. The highest BCUT2D eigenvalue weighted by molar-refractivity contribution is 6.32. The maximum atomic E-state index is 13.3. The molecule has 0 saturated heterocycles. The molecule has 2 N–H and O–H groups in total. The normalized spacial score (nSPS) is 22.3. The second-order valence-corrected chi connectivity index (χ2v) is 6.47. The number of ether oxygens (including phenoxy) is 1. The molecule has 0 spiro atoms. The first-order valence-corrected chi connectivity index (χ1v) is 8.04. The summed E-state index contributed by atoms with van der Waals surface area (Å²) >= 11 is 6.09. The van der Waals surface area contributed by atoms with Gasteiger partial charge in [0.1, 0.15) is 10.7 Å². The third-order valence-electron chi connectivity index (χ3n) is 4.42. The third kappa shape index (κ3) is 2.84. The van der Waals surface area contributed by atoms with Crippen LogP contribution < -0.4 is 15.4 Å². The Bertz CT molecular complexity index is 824. The lowest BCUT2D eigenvalue weighted by molar-refractivity contribution is -0.140. The standard InChI is InChI=1S/C14H14ClF3N6O/c1-24-12-9(10(23-24)14(16,17)18)21-13-19-4-7(15)11(22-13)20-8-3-2-6(8)5-25-12/h4,6,8H,2-3,5H2,1H3,(H2,19,20,21,22)/t6-,8+/m0/s1. The van der Waals surface area contributed by atoms with Crippen molar-refractivity contribution < 1.29 is 17.9 Å². The van der Waals surface area contributed by atoms with E-state index in [2.05, 4.69) is 25.7 Å². The lowest BCUT2D eigenvalue weighted by atomic mass is 9.80. The van der Waals surface area contributed by atoms with Gasteiger partial charge in [-0.3, -0.25) is 0 Å². The van der Waals surface area contributed by atoms with E-state index in [0.29, 0.717) is 10.8 Å². The van der Waals surface area contributed by atoms with Crippen molar-refractivity contribution in [1.82, 2.24) is 19.7 Å². The Labute approximate surface area is 145 Å². The van der Waals surface area contributed by atoms with E-state index in [1.54, 1.807) is 0 Å². The van der Waals surface area contributed by atoms with Crippen molar-refractivity contribution >= 4 is 29.1 Å². The first kappa shape index (κ1) is 16.2. The summed E-state index contributed by atoms with van der Waals surface area (Å²) in [6.07, 6.45) is -1.49. The second-order valence-electron chi connectivity index (χ2n) is 6.06. The molecule has 2 aromatic rings. The molecule has 1 aliphatic heterocycles. The van der Waals surface area contributed by atoms with Crippen LogP contribution in [0.4, 0.5) is 30.6 Å². The molecule has 25 heavy (non-hydrogen) atoms. The fourth-order valence-electron chi connectivity index (χ4n) is 2.95.